The first-order chi connectivity index (χ1) is 11.8. The maximum absolute atomic E-state index is 6.13. The van der Waals surface area contributed by atoms with Crippen LogP contribution in [0.5, 0.6) is 11.5 Å². The van der Waals surface area contributed by atoms with Crippen LogP contribution in [0.1, 0.15) is 17.0 Å². The smallest absolute Gasteiger partial charge is 0.125 e. The molecule has 0 spiro atoms. The highest BCUT2D eigenvalue weighted by molar-refractivity contribution is 5.86. The van der Waals surface area contributed by atoms with Crippen LogP contribution in [-0.4, -0.2) is 20.8 Å². The van der Waals surface area contributed by atoms with E-state index in [-0.39, 0.29) is 5.92 Å². The van der Waals surface area contributed by atoms with Crippen molar-refractivity contribution in [1.29, 1.82) is 0 Å². The number of hydrogen-bond acceptors (Lipinski definition) is 3. The molecule has 0 saturated carbocycles. The number of ether oxygens (including phenoxy) is 2. The Kier molecular flexibility index (Phi) is 5.02. The van der Waals surface area contributed by atoms with Crippen molar-refractivity contribution in [2.75, 3.05) is 20.8 Å². The van der Waals surface area contributed by atoms with Crippen LogP contribution in [0.25, 0.3) is 10.8 Å². The molecule has 0 radical (unpaired) electrons. The van der Waals surface area contributed by atoms with Crippen LogP contribution in [0, 0.1) is 0 Å². The van der Waals surface area contributed by atoms with Gasteiger partial charge in [0, 0.05) is 12.0 Å². The fourth-order valence-corrected chi connectivity index (χ4v) is 3.21. The number of methoxy groups -OCH3 is 2. The minimum atomic E-state index is 0.235. The van der Waals surface area contributed by atoms with Crippen LogP contribution >= 0.6 is 0 Å². The van der Waals surface area contributed by atoms with E-state index in [1.165, 1.54) is 16.3 Å². The first-order valence-corrected chi connectivity index (χ1v) is 8.15. The first kappa shape index (κ1) is 16.3. The lowest BCUT2D eigenvalue weighted by atomic mass is 9.88. The molecule has 0 bridgehead atoms. The zero-order chi connectivity index (χ0) is 16.9. The van der Waals surface area contributed by atoms with Gasteiger partial charge < -0.3 is 15.2 Å². The fraction of sp³-hybridized carbons (Fsp3) is 0.238. The molecule has 124 valence electrons. The SMILES string of the molecule is COc1ccc(CC(CN)c2cccc3ccccc23)c(OC)c1. The van der Waals surface area contributed by atoms with E-state index in [2.05, 4.69) is 48.5 Å². The van der Waals surface area contributed by atoms with Gasteiger partial charge in [0.25, 0.3) is 0 Å². The monoisotopic (exact) mass is 321 g/mol. The molecule has 0 aliphatic heterocycles. The Bertz CT molecular complexity index is 824. The molecule has 0 fully saturated rings. The second kappa shape index (κ2) is 7.37. The summed E-state index contributed by atoms with van der Waals surface area (Å²) in [5.74, 6) is 1.87. The van der Waals surface area contributed by atoms with Crippen LogP contribution in [0.2, 0.25) is 0 Å². The molecular weight excluding hydrogens is 298 g/mol. The van der Waals surface area contributed by atoms with Gasteiger partial charge in [0.2, 0.25) is 0 Å². The van der Waals surface area contributed by atoms with Gasteiger partial charge >= 0.3 is 0 Å². The zero-order valence-electron chi connectivity index (χ0n) is 14.2. The Morgan fingerprint density at radius 1 is 0.917 bits per heavy atom. The first-order valence-electron chi connectivity index (χ1n) is 8.15. The highest BCUT2D eigenvalue weighted by Crippen LogP contribution is 2.32. The van der Waals surface area contributed by atoms with E-state index in [1.807, 2.05) is 12.1 Å². The predicted octanol–water partition coefficient (Wildman–Crippen LogP) is 4.14. The third-order valence-corrected chi connectivity index (χ3v) is 4.51. The molecule has 2 N–H and O–H groups in total. The Morgan fingerprint density at radius 2 is 1.71 bits per heavy atom. The molecule has 0 aliphatic carbocycles. The van der Waals surface area contributed by atoms with Crippen molar-refractivity contribution in [2.24, 2.45) is 5.73 Å². The summed E-state index contributed by atoms with van der Waals surface area (Å²) >= 11 is 0. The summed E-state index contributed by atoms with van der Waals surface area (Å²) in [7, 11) is 3.35. The lowest BCUT2D eigenvalue weighted by Crippen LogP contribution is -2.16. The summed E-state index contributed by atoms with van der Waals surface area (Å²) < 4.78 is 10.8. The number of nitrogens with two attached hydrogens (primary N) is 1. The van der Waals surface area contributed by atoms with Gasteiger partial charge in [-0.3, -0.25) is 0 Å². The minimum Gasteiger partial charge on any atom is -0.497 e. The third-order valence-electron chi connectivity index (χ3n) is 4.51. The van der Waals surface area contributed by atoms with Gasteiger partial charge in [-0.2, -0.15) is 0 Å². The van der Waals surface area contributed by atoms with Crippen LogP contribution in [0.15, 0.2) is 60.7 Å². The number of hydrogen-bond donors (Lipinski definition) is 1. The highest BCUT2D eigenvalue weighted by atomic mass is 16.5. The van der Waals surface area contributed by atoms with Crippen LogP contribution in [-0.2, 0) is 6.42 Å². The maximum Gasteiger partial charge on any atom is 0.125 e. The molecule has 1 unspecified atom stereocenters. The molecule has 3 rings (SSSR count). The van der Waals surface area contributed by atoms with E-state index >= 15 is 0 Å². The standard InChI is InChI=1S/C21H23NO2/c1-23-18-11-10-16(21(13-18)24-2)12-17(14-22)20-9-5-7-15-6-3-4-8-19(15)20/h3-11,13,17H,12,14,22H2,1-2H3. The van der Waals surface area contributed by atoms with Crippen molar-refractivity contribution >= 4 is 10.8 Å². The lowest BCUT2D eigenvalue weighted by Gasteiger charge is -2.19. The van der Waals surface area contributed by atoms with Crippen molar-refractivity contribution in [3.8, 4) is 11.5 Å². The van der Waals surface area contributed by atoms with E-state index in [4.69, 9.17) is 15.2 Å². The van der Waals surface area contributed by atoms with Gasteiger partial charge in [-0.05, 0) is 40.9 Å². The van der Waals surface area contributed by atoms with Crippen molar-refractivity contribution in [3.05, 3.63) is 71.8 Å². The van der Waals surface area contributed by atoms with Gasteiger partial charge in [0.05, 0.1) is 14.2 Å². The summed E-state index contributed by atoms with van der Waals surface area (Å²) in [6.45, 7) is 0.586. The quantitative estimate of drug-likeness (QED) is 0.742. The molecule has 0 amide bonds. The molecule has 3 heteroatoms. The predicted molar refractivity (Wildman–Crippen MR) is 99.0 cm³/mol. The Morgan fingerprint density at radius 3 is 2.46 bits per heavy atom. The lowest BCUT2D eigenvalue weighted by molar-refractivity contribution is 0.390. The molecule has 0 heterocycles. The summed E-state index contributed by atoms with van der Waals surface area (Å²) in [6.07, 6.45) is 0.831. The molecule has 0 saturated heterocycles. The number of rotatable bonds is 6. The van der Waals surface area contributed by atoms with Crippen LogP contribution in [0.4, 0.5) is 0 Å². The summed E-state index contributed by atoms with van der Waals surface area (Å²) in [5.41, 5.74) is 8.55. The average molecular weight is 321 g/mol. The molecular formula is C21H23NO2. The molecule has 3 aromatic carbocycles. The van der Waals surface area contributed by atoms with E-state index in [9.17, 15) is 0 Å². The van der Waals surface area contributed by atoms with Crippen molar-refractivity contribution in [2.45, 2.75) is 12.3 Å². The largest absolute Gasteiger partial charge is 0.497 e. The molecule has 3 aromatic rings. The Hall–Kier alpha value is -2.52. The van der Waals surface area contributed by atoms with Crippen molar-refractivity contribution < 1.29 is 9.47 Å². The van der Waals surface area contributed by atoms with Crippen molar-refractivity contribution in [3.63, 3.8) is 0 Å². The number of benzene rings is 3. The highest BCUT2D eigenvalue weighted by Gasteiger charge is 2.16. The fourth-order valence-electron chi connectivity index (χ4n) is 3.21. The third kappa shape index (κ3) is 3.22. The molecule has 24 heavy (non-hydrogen) atoms. The van der Waals surface area contributed by atoms with Crippen molar-refractivity contribution in [1.82, 2.24) is 0 Å². The van der Waals surface area contributed by atoms with E-state index in [1.54, 1.807) is 14.2 Å². The summed E-state index contributed by atoms with van der Waals surface area (Å²) in [5, 5.41) is 2.51. The minimum absolute atomic E-state index is 0.235. The maximum atomic E-state index is 6.13. The second-order valence-corrected chi connectivity index (χ2v) is 5.88. The van der Waals surface area contributed by atoms with E-state index < -0.39 is 0 Å². The van der Waals surface area contributed by atoms with Gasteiger partial charge in [0.1, 0.15) is 11.5 Å². The van der Waals surface area contributed by atoms with Gasteiger partial charge in [0.15, 0.2) is 0 Å². The Labute approximate surface area is 143 Å². The van der Waals surface area contributed by atoms with E-state index in [0.29, 0.717) is 6.54 Å². The number of fused-ring (bicyclic) bond motifs is 1. The molecule has 0 aliphatic rings. The van der Waals surface area contributed by atoms with Crippen LogP contribution in [0.3, 0.4) is 0 Å². The Balaban J connectivity index is 1.98. The molecule has 0 aromatic heterocycles. The van der Waals surface area contributed by atoms with E-state index in [0.717, 1.165) is 23.5 Å². The summed E-state index contributed by atoms with van der Waals surface area (Å²) in [4.78, 5) is 0. The zero-order valence-corrected chi connectivity index (χ0v) is 14.2. The topological polar surface area (TPSA) is 44.5 Å². The van der Waals surface area contributed by atoms with Gasteiger partial charge in [-0.25, -0.2) is 0 Å². The average Bonchev–Trinajstić information content (AvgIpc) is 2.65. The normalized spacial score (nSPS) is 12.1. The second-order valence-electron chi connectivity index (χ2n) is 5.88. The molecule has 1 atom stereocenters. The molecule has 3 nitrogen and oxygen atoms in total. The van der Waals surface area contributed by atoms with Crippen LogP contribution < -0.4 is 15.2 Å². The van der Waals surface area contributed by atoms with Gasteiger partial charge in [-0.1, -0.05) is 48.5 Å². The summed E-state index contributed by atoms with van der Waals surface area (Å²) in [6, 6.07) is 20.8. The van der Waals surface area contributed by atoms with Gasteiger partial charge in [-0.15, -0.1) is 0 Å².